The highest BCUT2D eigenvalue weighted by Crippen LogP contribution is 2.35. The summed E-state index contributed by atoms with van der Waals surface area (Å²) in [5, 5.41) is 12.7. The third-order valence-electron chi connectivity index (χ3n) is 5.43. The second-order valence-electron chi connectivity index (χ2n) is 8.45. The Bertz CT molecular complexity index is 1260. The van der Waals surface area contributed by atoms with Gasteiger partial charge in [0.2, 0.25) is 0 Å². The molecule has 0 spiro atoms. The van der Waals surface area contributed by atoms with Crippen LogP contribution in [0.4, 0.5) is 0 Å². The number of methoxy groups -OCH3 is 1. The van der Waals surface area contributed by atoms with E-state index in [-0.39, 0.29) is 18.2 Å². The Balaban J connectivity index is 1.44. The summed E-state index contributed by atoms with van der Waals surface area (Å²) in [4.78, 5) is 27.2. The SMILES string of the molecule is COc1cc(/C=N/NC(=O)Cn2nnc3sc4c(c3c2=O)CCC(C)C4)ccc1OC(C)C. The van der Waals surface area contributed by atoms with Crippen molar-refractivity contribution in [1.29, 1.82) is 0 Å². The number of hydrogen-bond acceptors (Lipinski definition) is 8. The third-order valence-corrected chi connectivity index (χ3v) is 6.57. The zero-order valence-corrected chi connectivity index (χ0v) is 19.9. The van der Waals surface area contributed by atoms with Crippen molar-refractivity contribution >= 4 is 33.7 Å². The smallest absolute Gasteiger partial charge is 0.279 e. The number of hydrogen-bond donors (Lipinski definition) is 1. The number of aryl methyl sites for hydroxylation is 1. The molecule has 9 nitrogen and oxygen atoms in total. The molecule has 174 valence electrons. The number of fused-ring (bicyclic) bond motifs is 3. The Kier molecular flexibility index (Phi) is 6.73. The van der Waals surface area contributed by atoms with Gasteiger partial charge < -0.3 is 9.47 Å². The summed E-state index contributed by atoms with van der Waals surface area (Å²) in [6.07, 6.45) is 4.38. The van der Waals surface area contributed by atoms with Crippen LogP contribution in [0.15, 0.2) is 28.1 Å². The minimum absolute atomic E-state index is 0.0200. The van der Waals surface area contributed by atoms with Gasteiger partial charge in [-0.25, -0.2) is 10.1 Å². The summed E-state index contributed by atoms with van der Waals surface area (Å²) in [6.45, 7) is 5.83. The van der Waals surface area contributed by atoms with Crippen LogP contribution < -0.4 is 20.5 Å². The number of nitrogens with zero attached hydrogens (tertiary/aromatic N) is 4. The molecule has 3 aromatic rings. The molecule has 1 N–H and O–H groups in total. The van der Waals surface area contributed by atoms with Crippen LogP contribution in [0, 0.1) is 5.92 Å². The van der Waals surface area contributed by atoms with Gasteiger partial charge in [-0.15, -0.1) is 16.4 Å². The average molecular weight is 470 g/mol. The summed E-state index contributed by atoms with van der Waals surface area (Å²) in [6, 6.07) is 5.35. The molecule has 2 aromatic heterocycles. The quantitative estimate of drug-likeness (QED) is 0.421. The molecule has 1 amide bonds. The molecule has 0 fully saturated rings. The summed E-state index contributed by atoms with van der Waals surface area (Å²) in [5.41, 5.74) is 3.95. The van der Waals surface area contributed by atoms with Gasteiger partial charge in [0.1, 0.15) is 6.54 Å². The first-order valence-corrected chi connectivity index (χ1v) is 11.7. The number of carbonyl (C=O) groups is 1. The van der Waals surface area contributed by atoms with Gasteiger partial charge >= 0.3 is 0 Å². The Labute approximate surface area is 195 Å². The van der Waals surface area contributed by atoms with Gasteiger partial charge in [0.15, 0.2) is 16.3 Å². The fourth-order valence-corrected chi connectivity index (χ4v) is 5.18. The number of carbonyl (C=O) groups excluding carboxylic acids is 1. The predicted molar refractivity (Wildman–Crippen MR) is 127 cm³/mol. The van der Waals surface area contributed by atoms with E-state index in [1.165, 1.54) is 22.4 Å². The third kappa shape index (κ3) is 5.05. The monoisotopic (exact) mass is 469 g/mol. The molecule has 1 aliphatic carbocycles. The van der Waals surface area contributed by atoms with E-state index in [0.717, 1.165) is 35.1 Å². The molecule has 0 saturated carbocycles. The minimum atomic E-state index is -0.466. The maximum absolute atomic E-state index is 13.0. The lowest BCUT2D eigenvalue weighted by molar-refractivity contribution is -0.121. The average Bonchev–Trinajstić information content (AvgIpc) is 3.14. The van der Waals surface area contributed by atoms with E-state index < -0.39 is 5.91 Å². The number of ether oxygens (including phenoxy) is 2. The van der Waals surface area contributed by atoms with Gasteiger partial charge in [0.05, 0.1) is 24.8 Å². The van der Waals surface area contributed by atoms with Gasteiger partial charge in [-0.2, -0.15) is 5.10 Å². The second kappa shape index (κ2) is 9.70. The van der Waals surface area contributed by atoms with Gasteiger partial charge in [-0.1, -0.05) is 12.1 Å². The van der Waals surface area contributed by atoms with Crippen LogP contribution in [-0.2, 0) is 24.2 Å². The van der Waals surface area contributed by atoms with E-state index in [1.807, 2.05) is 13.8 Å². The van der Waals surface area contributed by atoms with Gasteiger partial charge in [-0.05, 0) is 68.4 Å². The first-order valence-electron chi connectivity index (χ1n) is 10.9. The number of benzene rings is 1. The summed E-state index contributed by atoms with van der Waals surface area (Å²) in [5.74, 6) is 1.34. The molecule has 1 atom stereocenters. The molecule has 33 heavy (non-hydrogen) atoms. The fourth-order valence-electron chi connectivity index (χ4n) is 3.86. The van der Waals surface area contributed by atoms with E-state index >= 15 is 0 Å². The van der Waals surface area contributed by atoms with Crippen LogP contribution >= 0.6 is 11.3 Å². The van der Waals surface area contributed by atoms with Crippen molar-refractivity contribution < 1.29 is 14.3 Å². The highest BCUT2D eigenvalue weighted by Gasteiger charge is 2.24. The Morgan fingerprint density at radius 3 is 2.97 bits per heavy atom. The predicted octanol–water partition coefficient (Wildman–Crippen LogP) is 2.92. The Hall–Kier alpha value is -3.27. The Morgan fingerprint density at radius 1 is 1.39 bits per heavy atom. The molecule has 0 radical (unpaired) electrons. The molecule has 2 heterocycles. The number of rotatable bonds is 7. The molecular formula is C23H27N5O4S. The largest absolute Gasteiger partial charge is 0.493 e. The van der Waals surface area contributed by atoms with Gasteiger partial charge in [-0.3, -0.25) is 9.59 Å². The lowest BCUT2D eigenvalue weighted by atomic mass is 9.89. The van der Waals surface area contributed by atoms with Crippen LogP contribution in [0.1, 0.15) is 43.2 Å². The maximum atomic E-state index is 13.0. The van der Waals surface area contributed by atoms with Crippen molar-refractivity contribution in [2.45, 2.75) is 52.7 Å². The number of hydrazone groups is 1. The first kappa shape index (κ1) is 22.9. The van der Waals surface area contributed by atoms with E-state index in [4.69, 9.17) is 9.47 Å². The van der Waals surface area contributed by atoms with E-state index in [0.29, 0.717) is 27.6 Å². The molecule has 1 aromatic carbocycles. The number of aromatic nitrogens is 3. The molecule has 1 aliphatic rings. The Morgan fingerprint density at radius 2 is 2.21 bits per heavy atom. The molecule has 4 rings (SSSR count). The molecule has 0 aliphatic heterocycles. The molecule has 1 unspecified atom stereocenters. The first-order chi connectivity index (χ1) is 15.9. The zero-order chi connectivity index (χ0) is 23.5. The zero-order valence-electron chi connectivity index (χ0n) is 19.1. The highest BCUT2D eigenvalue weighted by atomic mass is 32.1. The van der Waals surface area contributed by atoms with Crippen molar-refractivity contribution in [2.24, 2.45) is 11.0 Å². The van der Waals surface area contributed by atoms with Crippen molar-refractivity contribution in [2.75, 3.05) is 7.11 Å². The molecular weight excluding hydrogens is 442 g/mol. The van der Waals surface area contributed by atoms with E-state index in [1.54, 1.807) is 25.3 Å². The summed E-state index contributed by atoms with van der Waals surface area (Å²) < 4.78 is 12.1. The number of thiophene rings is 1. The maximum Gasteiger partial charge on any atom is 0.279 e. The molecule has 0 saturated heterocycles. The summed E-state index contributed by atoms with van der Waals surface area (Å²) >= 11 is 1.53. The topological polar surface area (TPSA) is 108 Å². The fraction of sp³-hybridized carbons (Fsp3) is 0.435. The number of amides is 1. The number of nitrogens with one attached hydrogen (secondary N) is 1. The second-order valence-corrected chi connectivity index (χ2v) is 9.54. The van der Waals surface area contributed by atoms with E-state index in [9.17, 15) is 9.59 Å². The van der Waals surface area contributed by atoms with Crippen molar-refractivity contribution in [1.82, 2.24) is 20.4 Å². The van der Waals surface area contributed by atoms with Crippen LogP contribution in [0.2, 0.25) is 0 Å². The molecule has 0 bridgehead atoms. The highest BCUT2D eigenvalue weighted by molar-refractivity contribution is 7.18. The lowest BCUT2D eigenvalue weighted by Crippen LogP contribution is -2.32. The standard InChI is InChI=1S/C23H27N5O4S/c1-13(2)32-17-8-6-15(10-18(17)31-4)11-24-25-20(29)12-28-23(30)21-16-7-5-14(3)9-19(16)33-22(21)26-27-28/h6,8,10-11,13-14H,5,7,9,12H2,1-4H3,(H,25,29)/b24-11+. The van der Waals surface area contributed by atoms with Crippen molar-refractivity contribution in [3.8, 4) is 11.5 Å². The van der Waals surface area contributed by atoms with E-state index in [2.05, 4.69) is 27.8 Å². The van der Waals surface area contributed by atoms with Crippen LogP contribution in [0.25, 0.3) is 10.2 Å². The lowest BCUT2D eigenvalue weighted by Gasteiger charge is -2.17. The summed E-state index contributed by atoms with van der Waals surface area (Å²) in [7, 11) is 1.56. The van der Waals surface area contributed by atoms with Crippen LogP contribution in [-0.4, -0.2) is 40.3 Å². The van der Waals surface area contributed by atoms with Crippen LogP contribution in [0.3, 0.4) is 0 Å². The van der Waals surface area contributed by atoms with Gasteiger partial charge in [0.25, 0.3) is 11.5 Å². The van der Waals surface area contributed by atoms with Crippen molar-refractivity contribution in [3.63, 3.8) is 0 Å². The normalized spacial score (nSPS) is 15.7. The van der Waals surface area contributed by atoms with Crippen molar-refractivity contribution in [3.05, 3.63) is 44.6 Å². The van der Waals surface area contributed by atoms with Crippen LogP contribution in [0.5, 0.6) is 11.5 Å². The minimum Gasteiger partial charge on any atom is -0.493 e. The van der Waals surface area contributed by atoms with Gasteiger partial charge in [0, 0.05) is 4.88 Å². The molecule has 10 heteroatoms.